The summed E-state index contributed by atoms with van der Waals surface area (Å²) in [6, 6.07) is 9.01. The highest BCUT2D eigenvalue weighted by atomic mass is 35.5. The molecule has 0 aromatic heterocycles. The van der Waals surface area contributed by atoms with Crippen molar-refractivity contribution in [3.8, 4) is 0 Å². The minimum Gasteiger partial charge on any atom is -0.210 e. The molecule has 0 saturated carbocycles. The molecular formula is C9H8ClF. The topological polar surface area (TPSA) is 0 Å². The summed E-state index contributed by atoms with van der Waals surface area (Å²) in [5.74, 6) is -0.516. The van der Waals surface area contributed by atoms with Crippen LogP contribution in [0.25, 0.3) is 0 Å². The predicted molar refractivity (Wildman–Crippen MR) is 45.3 cm³/mol. The van der Waals surface area contributed by atoms with Gasteiger partial charge in [-0.3, -0.25) is 0 Å². The fourth-order valence-corrected chi connectivity index (χ4v) is 0.948. The molecule has 0 heterocycles. The van der Waals surface area contributed by atoms with Gasteiger partial charge in [-0.2, -0.15) is 0 Å². The van der Waals surface area contributed by atoms with Crippen LogP contribution < -0.4 is 0 Å². The molecule has 0 aliphatic rings. The van der Waals surface area contributed by atoms with E-state index in [1.807, 2.05) is 18.2 Å². The number of allylic oxidation sites excluding steroid dienone is 1. The first-order valence-corrected chi connectivity index (χ1v) is 3.69. The monoisotopic (exact) mass is 170 g/mol. The number of rotatable bonds is 2. The molecule has 11 heavy (non-hydrogen) atoms. The Morgan fingerprint density at radius 2 is 1.91 bits per heavy atom. The second kappa shape index (κ2) is 3.54. The first-order valence-electron chi connectivity index (χ1n) is 3.25. The van der Waals surface area contributed by atoms with Crippen molar-refractivity contribution in [1.82, 2.24) is 0 Å². The van der Waals surface area contributed by atoms with Crippen LogP contribution in [-0.4, -0.2) is 0 Å². The Hall–Kier alpha value is -0.820. The van der Waals surface area contributed by atoms with E-state index in [0.717, 1.165) is 5.56 Å². The van der Waals surface area contributed by atoms with Crippen LogP contribution in [0, 0.1) is 0 Å². The molecule has 1 unspecified atom stereocenters. The van der Waals surface area contributed by atoms with Crippen LogP contribution in [-0.2, 0) is 0 Å². The van der Waals surface area contributed by atoms with Crippen LogP contribution in [0.15, 0.2) is 42.7 Å². The average molecular weight is 171 g/mol. The molecule has 0 radical (unpaired) electrons. The molecule has 0 amide bonds. The van der Waals surface area contributed by atoms with E-state index in [9.17, 15) is 4.39 Å². The maximum atomic E-state index is 12.5. The molecule has 0 fully saturated rings. The Kier molecular flexibility index (Phi) is 2.66. The van der Waals surface area contributed by atoms with Gasteiger partial charge in [0.1, 0.15) is 11.2 Å². The summed E-state index contributed by atoms with van der Waals surface area (Å²) in [5.41, 5.74) is 0.738. The minimum absolute atomic E-state index is 0.516. The number of hydrogen-bond donors (Lipinski definition) is 0. The lowest BCUT2D eigenvalue weighted by Gasteiger charge is -2.04. The Bertz CT molecular complexity index is 243. The van der Waals surface area contributed by atoms with Crippen molar-refractivity contribution in [1.29, 1.82) is 0 Å². The molecular weight excluding hydrogens is 163 g/mol. The van der Waals surface area contributed by atoms with Crippen LogP contribution >= 0.6 is 11.6 Å². The summed E-state index contributed by atoms with van der Waals surface area (Å²) >= 11 is 5.67. The van der Waals surface area contributed by atoms with Gasteiger partial charge in [0.25, 0.3) is 0 Å². The van der Waals surface area contributed by atoms with Crippen LogP contribution in [0.1, 0.15) is 10.9 Å². The minimum atomic E-state index is -0.712. The number of halogens is 2. The van der Waals surface area contributed by atoms with E-state index in [0.29, 0.717) is 0 Å². The summed E-state index contributed by atoms with van der Waals surface area (Å²) < 4.78 is 12.5. The van der Waals surface area contributed by atoms with E-state index in [1.165, 1.54) is 0 Å². The molecule has 0 spiro atoms. The van der Waals surface area contributed by atoms with Gasteiger partial charge in [-0.05, 0) is 5.56 Å². The van der Waals surface area contributed by atoms with E-state index >= 15 is 0 Å². The summed E-state index contributed by atoms with van der Waals surface area (Å²) in [7, 11) is 0. The van der Waals surface area contributed by atoms with Gasteiger partial charge in [-0.1, -0.05) is 36.9 Å². The van der Waals surface area contributed by atoms with Crippen LogP contribution in [0.5, 0.6) is 0 Å². The zero-order valence-electron chi connectivity index (χ0n) is 5.93. The summed E-state index contributed by atoms with van der Waals surface area (Å²) in [6.45, 7) is 3.13. The van der Waals surface area contributed by atoms with Gasteiger partial charge in [0, 0.05) is 0 Å². The van der Waals surface area contributed by atoms with Gasteiger partial charge < -0.3 is 0 Å². The largest absolute Gasteiger partial charge is 0.210 e. The van der Waals surface area contributed by atoms with Crippen molar-refractivity contribution in [2.24, 2.45) is 0 Å². The van der Waals surface area contributed by atoms with E-state index in [2.05, 4.69) is 6.58 Å². The Morgan fingerprint density at radius 1 is 1.36 bits per heavy atom. The third-order valence-electron chi connectivity index (χ3n) is 1.37. The molecule has 0 bridgehead atoms. The van der Waals surface area contributed by atoms with Crippen molar-refractivity contribution in [3.63, 3.8) is 0 Å². The number of hydrogen-bond acceptors (Lipinski definition) is 0. The van der Waals surface area contributed by atoms with Gasteiger partial charge in [-0.15, -0.1) is 11.6 Å². The highest BCUT2D eigenvalue weighted by Gasteiger charge is 2.09. The standard InChI is InChI=1S/C9H8ClF/c1-7(11)9(10)8-5-3-2-4-6-8/h2-6,9H,1H2. The second-order valence-corrected chi connectivity index (χ2v) is 2.66. The van der Waals surface area contributed by atoms with Crippen LogP contribution in [0.3, 0.4) is 0 Å². The molecule has 1 atom stereocenters. The highest BCUT2D eigenvalue weighted by molar-refractivity contribution is 6.22. The average Bonchev–Trinajstić information content (AvgIpc) is 2.05. The van der Waals surface area contributed by atoms with Crippen LogP contribution in [0.2, 0.25) is 0 Å². The fraction of sp³-hybridized carbons (Fsp3) is 0.111. The predicted octanol–water partition coefficient (Wildman–Crippen LogP) is 3.45. The highest BCUT2D eigenvalue weighted by Crippen LogP contribution is 2.27. The number of benzene rings is 1. The van der Waals surface area contributed by atoms with E-state index in [-0.39, 0.29) is 0 Å². The molecule has 0 saturated heterocycles. The first-order chi connectivity index (χ1) is 5.22. The zero-order valence-corrected chi connectivity index (χ0v) is 6.68. The lowest BCUT2D eigenvalue weighted by Crippen LogP contribution is -1.88. The normalized spacial score (nSPS) is 12.5. The molecule has 1 rings (SSSR count). The molecule has 0 aliphatic heterocycles. The Morgan fingerprint density at radius 3 is 2.36 bits per heavy atom. The third-order valence-corrected chi connectivity index (χ3v) is 1.86. The zero-order chi connectivity index (χ0) is 8.27. The number of alkyl halides is 1. The fourth-order valence-electron chi connectivity index (χ4n) is 0.803. The lowest BCUT2D eigenvalue weighted by molar-refractivity contribution is 0.608. The molecule has 58 valence electrons. The van der Waals surface area contributed by atoms with Crippen LogP contribution in [0.4, 0.5) is 4.39 Å². The van der Waals surface area contributed by atoms with E-state index in [4.69, 9.17) is 11.6 Å². The van der Waals surface area contributed by atoms with Crippen molar-refractivity contribution in [3.05, 3.63) is 48.3 Å². The summed E-state index contributed by atoms with van der Waals surface area (Å²) in [6.07, 6.45) is 0. The first kappa shape index (κ1) is 8.28. The quantitative estimate of drug-likeness (QED) is 0.597. The molecule has 0 aliphatic carbocycles. The molecule has 1 aromatic carbocycles. The second-order valence-electron chi connectivity index (χ2n) is 2.22. The van der Waals surface area contributed by atoms with Crippen molar-refractivity contribution < 1.29 is 4.39 Å². The Balaban J connectivity index is 2.85. The van der Waals surface area contributed by atoms with Gasteiger partial charge >= 0.3 is 0 Å². The summed E-state index contributed by atoms with van der Waals surface area (Å²) in [5, 5.41) is -0.712. The maximum absolute atomic E-state index is 12.5. The van der Waals surface area contributed by atoms with Gasteiger partial charge in [0.15, 0.2) is 0 Å². The third kappa shape index (κ3) is 2.05. The van der Waals surface area contributed by atoms with E-state index in [1.54, 1.807) is 12.1 Å². The van der Waals surface area contributed by atoms with Gasteiger partial charge in [0.2, 0.25) is 0 Å². The van der Waals surface area contributed by atoms with Crippen molar-refractivity contribution >= 4 is 11.6 Å². The maximum Gasteiger partial charge on any atom is 0.115 e. The van der Waals surface area contributed by atoms with Crippen molar-refractivity contribution in [2.75, 3.05) is 0 Å². The van der Waals surface area contributed by atoms with Crippen molar-refractivity contribution in [2.45, 2.75) is 5.38 Å². The molecule has 1 aromatic rings. The molecule has 0 N–H and O–H groups in total. The smallest absolute Gasteiger partial charge is 0.115 e. The molecule has 0 nitrogen and oxygen atoms in total. The SMILES string of the molecule is C=C(F)C(Cl)c1ccccc1. The summed E-state index contributed by atoms with van der Waals surface area (Å²) in [4.78, 5) is 0. The van der Waals surface area contributed by atoms with E-state index < -0.39 is 11.2 Å². The van der Waals surface area contributed by atoms with Gasteiger partial charge in [-0.25, -0.2) is 4.39 Å². The van der Waals surface area contributed by atoms with Gasteiger partial charge in [0.05, 0.1) is 0 Å². The lowest BCUT2D eigenvalue weighted by atomic mass is 10.1. The Labute approximate surface area is 70.3 Å². The molecule has 2 heteroatoms.